The molecule has 1 aliphatic heterocycles. The maximum Gasteiger partial charge on any atom is 0.235 e. The molecule has 0 saturated heterocycles. The summed E-state index contributed by atoms with van der Waals surface area (Å²) in [7, 11) is 0. The van der Waals surface area contributed by atoms with Crippen LogP contribution in [0.4, 0.5) is 19.0 Å². The average molecular weight is 313 g/mol. The Balaban J connectivity index is 2.16. The summed E-state index contributed by atoms with van der Waals surface area (Å²) in [6, 6.07) is 2.07. The van der Waals surface area contributed by atoms with E-state index in [1.54, 1.807) is 6.92 Å². The van der Waals surface area contributed by atoms with Gasteiger partial charge < -0.3 is 5.32 Å². The van der Waals surface area contributed by atoms with E-state index in [9.17, 15) is 18.0 Å². The molecule has 4 nitrogen and oxygen atoms in total. The first-order valence-electron chi connectivity index (χ1n) is 6.08. The van der Waals surface area contributed by atoms with Gasteiger partial charge in [-0.3, -0.25) is 9.89 Å². The Bertz CT molecular complexity index is 732. The quantitative estimate of drug-likeness (QED) is 0.796. The van der Waals surface area contributed by atoms with Crippen LogP contribution in [0.3, 0.4) is 0 Å². The Labute approximate surface area is 122 Å². The third-order valence-electron chi connectivity index (χ3n) is 3.24. The van der Waals surface area contributed by atoms with Gasteiger partial charge >= 0.3 is 0 Å². The number of anilines is 1. The van der Waals surface area contributed by atoms with E-state index in [1.165, 1.54) is 6.07 Å². The van der Waals surface area contributed by atoms with Crippen LogP contribution in [0.1, 0.15) is 22.1 Å². The zero-order valence-electron chi connectivity index (χ0n) is 10.8. The smallest absolute Gasteiger partial charge is 0.235 e. The number of fused-ring (bicyclic) bond motifs is 1. The summed E-state index contributed by atoms with van der Waals surface area (Å²) in [5.74, 6) is -3.92. The summed E-state index contributed by atoms with van der Waals surface area (Å²) in [5.41, 5.74) is 1.19. The molecule has 110 valence electrons. The summed E-state index contributed by atoms with van der Waals surface area (Å²) in [6.07, 6.45) is 0. The molecule has 0 bridgehead atoms. The summed E-state index contributed by atoms with van der Waals surface area (Å²) in [4.78, 5) is 11.6. The molecule has 21 heavy (non-hydrogen) atoms. The molecule has 0 aliphatic carbocycles. The van der Waals surface area contributed by atoms with Gasteiger partial charge in [-0.25, -0.2) is 13.2 Å². The Morgan fingerprint density at radius 2 is 2.05 bits per heavy atom. The molecule has 2 heterocycles. The third-order valence-corrected chi connectivity index (χ3v) is 4.49. The molecule has 0 fully saturated rings. The monoisotopic (exact) mass is 313 g/mol. The number of benzene rings is 1. The predicted molar refractivity (Wildman–Crippen MR) is 72.6 cm³/mol. The van der Waals surface area contributed by atoms with Crippen LogP contribution < -0.4 is 5.32 Å². The van der Waals surface area contributed by atoms with E-state index in [4.69, 9.17) is 0 Å². The summed E-state index contributed by atoms with van der Waals surface area (Å²) in [5, 5.41) is 8.61. The highest BCUT2D eigenvalue weighted by molar-refractivity contribution is 8.00. The Morgan fingerprint density at radius 1 is 1.29 bits per heavy atom. The van der Waals surface area contributed by atoms with E-state index in [1.807, 2.05) is 0 Å². The number of carbonyl (C=O) groups is 1. The van der Waals surface area contributed by atoms with E-state index >= 15 is 0 Å². The minimum atomic E-state index is -1.51. The van der Waals surface area contributed by atoms with Crippen molar-refractivity contribution in [3.05, 3.63) is 46.4 Å². The van der Waals surface area contributed by atoms with Gasteiger partial charge in [0.2, 0.25) is 5.91 Å². The zero-order valence-corrected chi connectivity index (χ0v) is 11.7. The number of aryl methyl sites for hydroxylation is 1. The second-order valence-electron chi connectivity index (χ2n) is 4.61. The molecule has 3 rings (SSSR count). The van der Waals surface area contributed by atoms with Crippen molar-refractivity contribution in [1.29, 1.82) is 0 Å². The highest BCUT2D eigenvalue weighted by Gasteiger charge is 2.31. The Kier molecular flexibility index (Phi) is 3.40. The molecular weight excluding hydrogens is 303 g/mol. The van der Waals surface area contributed by atoms with E-state index in [0.29, 0.717) is 11.3 Å². The first-order valence-corrected chi connectivity index (χ1v) is 7.13. The van der Waals surface area contributed by atoms with Crippen LogP contribution in [0.25, 0.3) is 0 Å². The van der Waals surface area contributed by atoms with Gasteiger partial charge in [-0.2, -0.15) is 5.10 Å². The molecular formula is C13H10F3N3OS. The minimum absolute atomic E-state index is 0.0128. The van der Waals surface area contributed by atoms with Gasteiger partial charge in [0, 0.05) is 16.8 Å². The number of nitrogens with zero attached hydrogens (tertiary/aromatic N) is 1. The van der Waals surface area contributed by atoms with Gasteiger partial charge in [-0.1, -0.05) is 6.07 Å². The standard InChI is InChI=1S/C13H10F3N3OS/c1-5-9-12(6-2-3-7(14)11(16)10(6)15)21-4-8(20)17-13(9)19-18-5/h2-3,12H,4H2,1H3,(H2,17,18,19,20). The van der Waals surface area contributed by atoms with Crippen molar-refractivity contribution >= 4 is 23.5 Å². The molecule has 0 spiro atoms. The largest absolute Gasteiger partial charge is 0.308 e. The Morgan fingerprint density at radius 3 is 2.81 bits per heavy atom. The molecule has 1 atom stereocenters. The number of halogens is 3. The molecule has 1 unspecified atom stereocenters. The number of aromatic amines is 1. The van der Waals surface area contributed by atoms with E-state index < -0.39 is 22.7 Å². The van der Waals surface area contributed by atoms with Crippen LogP contribution in [0.2, 0.25) is 0 Å². The lowest BCUT2D eigenvalue weighted by atomic mass is 10.0. The number of hydrogen-bond acceptors (Lipinski definition) is 3. The fourth-order valence-electron chi connectivity index (χ4n) is 2.25. The normalized spacial score (nSPS) is 18.1. The van der Waals surface area contributed by atoms with E-state index in [0.717, 1.165) is 17.8 Å². The molecule has 2 aromatic rings. The van der Waals surface area contributed by atoms with Crippen molar-refractivity contribution < 1.29 is 18.0 Å². The number of aromatic nitrogens is 2. The second-order valence-corrected chi connectivity index (χ2v) is 5.71. The number of amides is 1. The minimum Gasteiger partial charge on any atom is -0.308 e. The molecule has 1 aromatic carbocycles. The summed E-state index contributed by atoms with van der Waals surface area (Å²) >= 11 is 1.13. The number of carbonyl (C=O) groups excluding carboxylic acids is 1. The van der Waals surface area contributed by atoms with Crippen LogP contribution in [0, 0.1) is 24.4 Å². The van der Waals surface area contributed by atoms with Crippen molar-refractivity contribution in [2.24, 2.45) is 0 Å². The maximum absolute atomic E-state index is 14.0. The van der Waals surface area contributed by atoms with Gasteiger partial charge in [0.1, 0.15) is 0 Å². The number of thioether (sulfide) groups is 1. The number of nitrogens with one attached hydrogen (secondary N) is 2. The van der Waals surface area contributed by atoms with Crippen molar-refractivity contribution in [2.45, 2.75) is 12.2 Å². The fourth-order valence-corrected chi connectivity index (χ4v) is 3.46. The van der Waals surface area contributed by atoms with Crippen molar-refractivity contribution in [2.75, 3.05) is 11.1 Å². The topological polar surface area (TPSA) is 57.8 Å². The predicted octanol–water partition coefficient (Wildman–Crippen LogP) is 2.91. The van der Waals surface area contributed by atoms with Gasteiger partial charge in [-0.05, 0) is 13.0 Å². The number of hydrogen-bond donors (Lipinski definition) is 2. The number of rotatable bonds is 1. The first-order chi connectivity index (χ1) is 9.99. The van der Waals surface area contributed by atoms with Gasteiger partial charge in [0.05, 0.1) is 11.0 Å². The molecule has 1 aliphatic rings. The van der Waals surface area contributed by atoms with Crippen LogP contribution in [0.15, 0.2) is 12.1 Å². The third kappa shape index (κ3) is 2.29. The maximum atomic E-state index is 14.0. The van der Waals surface area contributed by atoms with Crippen LogP contribution >= 0.6 is 11.8 Å². The Hall–Kier alpha value is -1.96. The molecule has 0 saturated carbocycles. The second kappa shape index (κ2) is 5.10. The summed E-state index contributed by atoms with van der Waals surface area (Å²) < 4.78 is 40.6. The summed E-state index contributed by atoms with van der Waals surface area (Å²) in [6.45, 7) is 1.72. The van der Waals surface area contributed by atoms with Crippen molar-refractivity contribution in [3.63, 3.8) is 0 Å². The highest BCUT2D eigenvalue weighted by atomic mass is 32.2. The average Bonchev–Trinajstić information content (AvgIpc) is 2.70. The highest BCUT2D eigenvalue weighted by Crippen LogP contribution is 2.43. The van der Waals surface area contributed by atoms with Crippen molar-refractivity contribution in [1.82, 2.24) is 10.2 Å². The van der Waals surface area contributed by atoms with Crippen molar-refractivity contribution in [3.8, 4) is 0 Å². The van der Waals surface area contributed by atoms with E-state index in [2.05, 4.69) is 15.5 Å². The van der Waals surface area contributed by atoms with Crippen LogP contribution in [-0.4, -0.2) is 21.9 Å². The lowest BCUT2D eigenvalue weighted by molar-refractivity contribution is -0.113. The molecule has 8 heteroatoms. The van der Waals surface area contributed by atoms with Crippen LogP contribution in [0.5, 0.6) is 0 Å². The molecule has 2 N–H and O–H groups in total. The SMILES string of the molecule is Cc1[nH]nc2c1C(c1ccc(F)c(F)c1F)SCC(=O)N2. The molecule has 0 radical (unpaired) electrons. The zero-order chi connectivity index (χ0) is 15.1. The van der Waals surface area contributed by atoms with Crippen LogP contribution in [-0.2, 0) is 4.79 Å². The molecule has 1 amide bonds. The lowest BCUT2D eigenvalue weighted by Crippen LogP contribution is -2.12. The van der Waals surface area contributed by atoms with Gasteiger partial charge in [0.15, 0.2) is 23.3 Å². The van der Waals surface area contributed by atoms with Gasteiger partial charge in [0.25, 0.3) is 0 Å². The van der Waals surface area contributed by atoms with Gasteiger partial charge in [-0.15, -0.1) is 11.8 Å². The first kappa shape index (κ1) is 14.0. The number of H-pyrrole nitrogens is 1. The van der Waals surface area contributed by atoms with E-state index in [-0.39, 0.29) is 23.0 Å². The fraction of sp³-hybridized carbons (Fsp3) is 0.231. The molecule has 1 aromatic heterocycles. The lowest BCUT2D eigenvalue weighted by Gasteiger charge is -2.16.